The monoisotopic (exact) mass is 344 g/mol. The number of aryl methyl sites for hydroxylation is 1. The number of likely N-dealkylation sites (tertiary alicyclic amines) is 2. The van der Waals surface area contributed by atoms with E-state index in [1.807, 2.05) is 42.7 Å². The van der Waals surface area contributed by atoms with Crippen LogP contribution in [0.5, 0.6) is 5.75 Å². The Bertz CT molecular complexity index is 659. The van der Waals surface area contributed by atoms with Gasteiger partial charge in [-0.15, -0.1) is 0 Å². The standard InChI is InChI=1S/C20H28N2O3/c1-5-14-7-6-8-16(9-14)25-17-12-21(13-17)19(24)15-10-18(23)22(11-15)20(2,3)4/h6-9,15,17H,5,10-13H2,1-4H3. The van der Waals surface area contributed by atoms with E-state index in [1.54, 1.807) is 0 Å². The molecule has 1 aromatic rings. The predicted octanol–water partition coefficient (Wildman–Crippen LogP) is 2.49. The van der Waals surface area contributed by atoms with Crippen molar-refractivity contribution >= 4 is 11.8 Å². The lowest BCUT2D eigenvalue weighted by atomic mass is 10.0. The van der Waals surface area contributed by atoms with Crippen molar-refractivity contribution in [3.05, 3.63) is 29.8 Å². The van der Waals surface area contributed by atoms with Crippen LogP contribution in [0.15, 0.2) is 24.3 Å². The Labute approximate surface area is 149 Å². The van der Waals surface area contributed by atoms with E-state index in [9.17, 15) is 9.59 Å². The highest BCUT2D eigenvalue weighted by Crippen LogP contribution is 2.29. The number of hydrogen-bond donors (Lipinski definition) is 0. The molecule has 2 fully saturated rings. The van der Waals surface area contributed by atoms with Crippen LogP contribution in [0.4, 0.5) is 0 Å². The lowest BCUT2D eigenvalue weighted by molar-refractivity contribution is -0.144. The van der Waals surface area contributed by atoms with Crippen molar-refractivity contribution in [1.82, 2.24) is 9.80 Å². The maximum Gasteiger partial charge on any atom is 0.228 e. The zero-order chi connectivity index (χ0) is 18.2. The predicted molar refractivity (Wildman–Crippen MR) is 96.4 cm³/mol. The minimum Gasteiger partial charge on any atom is -0.487 e. The van der Waals surface area contributed by atoms with Gasteiger partial charge in [0.05, 0.1) is 19.0 Å². The minimum atomic E-state index is -0.225. The molecule has 3 rings (SSSR count). The second kappa shape index (κ2) is 6.70. The molecule has 2 aliphatic heterocycles. The van der Waals surface area contributed by atoms with Crippen LogP contribution in [-0.4, -0.2) is 52.9 Å². The zero-order valence-electron chi connectivity index (χ0n) is 15.6. The summed E-state index contributed by atoms with van der Waals surface area (Å²) in [6.07, 6.45) is 1.36. The molecular weight excluding hydrogens is 316 g/mol. The van der Waals surface area contributed by atoms with Crippen LogP contribution in [0.3, 0.4) is 0 Å². The molecule has 0 N–H and O–H groups in total. The van der Waals surface area contributed by atoms with Gasteiger partial charge in [0.2, 0.25) is 11.8 Å². The average molecular weight is 344 g/mol. The quantitative estimate of drug-likeness (QED) is 0.843. The van der Waals surface area contributed by atoms with Gasteiger partial charge in [0.1, 0.15) is 11.9 Å². The maximum atomic E-state index is 12.6. The Hall–Kier alpha value is -2.04. The molecule has 0 spiro atoms. The van der Waals surface area contributed by atoms with Gasteiger partial charge < -0.3 is 14.5 Å². The Morgan fingerprint density at radius 3 is 2.56 bits per heavy atom. The Morgan fingerprint density at radius 1 is 1.24 bits per heavy atom. The van der Waals surface area contributed by atoms with Crippen molar-refractivity contribution in [3.8, 4) is 5.75 Å². The summed E-state index contributed by atoms with van der Waals surface area (Å²) in [6, 6.07) is 8.10. The van der Waals surface area contributed by atoms with Gasteiger partial charge in [0, 0.05) is 18.5 Å². The lowest BCUT2D eigenvalue weighted by Crippen LogP contribution is -2.58. The van der Waals surface area contributed by atoms with E-state index in [0.717, 1.165) is 12.2 Å². The zero-order valence-corrected chi connectivity index (χ0v) is 15.6. The van der Waals surface area contributed by atoms with Crippen LogP contribution in [0.2, 0.25) is 0 Å². The SMILES string of the molecule is CCc1cccc(OC2CN(C(=O)C3CC(=O)N(C(C)(C)C)C3)C2)c1. The molecule has 5 heteroatoms. The number of nitrogens with zero attached hydrogens (tertiary/aromatic N) is 2. The third-order valence-corrected chi connectivity index (χ3v) is 5.05. The molecule has 2 amide bonds. The van der Waals surface area contributed by atoms with Gasteiger partial charge in [-0.05, 0) is 44.9 Å². The Morgan fingerprint density at radius 2 is 1.96 bits per heavy atom. The summed E-state index contributed by atoms with van der Waals surface area (Å²) in [5, 5.41) is 0. The van der Waals surface area contributed by atoms with Crippen LogP contribution in [0.25, 0.3) is 0 Å². The van der Waals surface area contributed by atoms with Crippen LogP contribution in [0, 0.1) is 5.92 Å². The third-order valence-electron chi connectivity index (χ3n) is 5.05. The summed E-state index contributed by atoms with van der Waals surface area (Å²) < 4.78 is 5.96. The topological polar surface area (TPSA) is 49.9 Å². The van der Waals surface area contributed by atoms with E-state index in [-0.39, 0.29) is 29.4 Å². The van der Waals surface area contributed by atoms with Gasteiger partial charge in [-0.1, -0.05) is 19.1 Å². The number of hydrogen-bond acceptors (Lipinski definition) is 3. The molecule has 0 aromatic heterocycles. The first-order valence-electron chi connectivity index (χ1n) is 9.12. The van der Waals surface area contributed by atoms with E-state index in [2.05, 4.69) is 19.1 Å². The molecule has 0 saturated carbocycles. The number of carbonyl (C=O) groups excluding carboxylic acids is 2. The largest absolute Gasteiger partial charge is 0.487 e. The summed E-state index contributed by atoms with van der Waals surface area (Å²) in [6.45, 7) is 9.89. The highest BCUT2D eigenvalue weighted by molar-refractivity contribution is 5.90. The van der Waals surface area contributed by atoms with Crippen molar-refractivity contribution in [2.45, 2.75) is 52.2 Å². The van der Waals surface area contributed by atoms with Gasteiger partial charge in [-0.25, -0.2) is 0 Å². The summed E-state index contributed by atoms with van der Waals surface area (Å²) in [7, 11) is 0. The first-order chi connectivity index (χ1) is 11.8. The van der Waals surface area contributed by atoms with Gasteiger partial charge in [0.25, 0.3) is 0 Å². The molecule has 5 nitrogen and oxygen atoms in total. The van der Waals surface area contributed by atoms with Gasteiger partial charge >= 0.3 is 0 Å². The number of ether oxygens (including phenoxy) is 1. The van der Waals surface area contributed by atoms with Crippen molar-refractivity contribution in [3.63, 3.8) is 0 Å². The van der Waals surface area contributed by atoms with Crippen molar-refractivity contribution in [1.29, 1.82) is 0 Å². The van der Waals surface area contributed by atoms with Crippen LogP contribution in [0.1, 0.15) is 39.7 Å². The van der Waals surface area contributed by atoms with E-state index >= 15 is 0 Å². The fourth-order valence-corrected chi connectivity index (χ4v) is 3.50. The van der Waals surface area contributed by atoms with E-state index in [1.165, 1.54) is 5.56 Å². The molecule has 25 heavy (non-hydrogen) atoms. The molecule has 1 unspecified atom stereocenters. The van der Waals surface area contributed by atoms with E-state index in [4.69, 9.17) is 4.74 Å². The summed E-state index contributed by atoms with van der Waals surface area (Å²) in [4.78, 5) is 28.4. The van der Waals surface area contributed by atoms with Crippen molar-refractivity contribution < 1.29 is 14.3 Å². The van der Waals surface area contributed by atoms with Gasteiger partial charge in [0.15, 0.2) is 0 Å². The average Bonchev–Trinajstić information content (AvgIpc) is 2.92. The Balaban J connectivity index is 1.51. The molecule has 0 bridgehead atoms. The summed E-state index contributed by atoms with van der Waals surface area (Å²) >= 11 is 0. The lowest BCUT2D eigenvalue weighted by Gasteiger charge is -2.40. The molecule has 0 radical (unpaired) electrons. The molecule has 2 heterocycles. The molecule has 2 saturated heterocycles. The van der Waals surface area contributed by atoms with Crippen LogP contribution >= 0.6 is 0 Å². The fraction of sp³-hybridized carbons (Fsp3) is 0.600. The highest BCUT2D eigenvalue weighted by atomic mass is 16.5. The first-order valence-corrected chi connectivity index (χ1v) is 9.12. The van der Waals surface area contributed by atoms with Gasteiger partial charge in [-0.2, -0.15) is 0 Å². The number of carbonyl (C=O) groups is 2. The second-order valence-corrected chi connectivity index (χ2v) is 8.06. The number of benzene rings is 1. The molecule has 1 aromatic carbocycles. The maximum absolute atomic E-state index is 12.6. The van der Waals surface area contributed by atoms with E-state index < -0.39 is 0 Å². The van der Waals surface area contributed by atoms with Crippen LogP contribution in [-0.2, 0) is 16.0 Å². The van der Waals surface area contributed by atoms with Gasteiger partial charge in [-0.3, -0.25) is 9.59 Å². The highest BCUT2D eigenvalue weighted by Gasteiger charge is 2.43. The second-order valence-electron chi connectivity index (χ2n) is 8.06. The van der Waals surface area contributed by atoms with Crippen molar-refractivity contribution in [2.75, 3.05) is 19.6 Å². The van der Waals surface area contributed by atoms with Crippen LogP contribution < -0.4 is 4.74 Å². The molecular formula is C20H28N2O3. The van der Waals surface area contributed by atoms with Crippen molar-refractivity contribution in [2.24, 2.45) is 5.92 Å². The molecule has 1 atom stereocenters. The Kier molecular flexibility index (Phi) is 4.76. The fourth-order valence-electron chi connectivity index (χ4n) is 3.50. The summed E-state index contributed by atoms with van der Waals surface area (Å²) in [5.41, 5.74) is 1.02. The minimum absolute atomic E-state index is 0.0480. The summed E-state index contributed by atoms with van der Waals surface area (Å²) in [5.74, 6) is 0.820. The smallest absolute Gasteiger partial charge is 0.228 e. The van der Waals surface area contributed by atoms with E-state index in [0.29, 0.717) is 26.1 Å². The molecule has 136 valence electrons. The first kappa shape index (κ1) is 17.8. The normalized spacial score (nSPS) is 21.4. The third kappa shape index (κ3) is 3.80. The molecule has 2 aliphatic rings. The number of rotatable bonds is 4. The number of amides is 2. The molecule has 0 aliphatic carbocycles.